The Morgan fingerprint density at radius 2 is 2.26 bits per heavy atom. The van der Waals surface area contributed by atoms with E-state index in [-0.39, 0.29) is 30.0 Å². The molecule has 2 atom stereocenters. The molecule has 1 saturated heterocycles. The predicted octanol–water partition coefficient (Wildman–Crippen LogP) is 1.33. The molecule has 0 spiro atoms. The third-order valence-corrected chi connectivity index (χ3v) is 3.21. The van der Waals surface area contributed by atoms with Gasteiger partial charge in [0.25, 0.3) is 0 Å². The number of furan rings is 1. The van der Waals surface area contributed by atoms with Gasteiger partial charge in [-0.25, -0.2) is 4.79 Å². The Labute approximate surface area is 110 Å². The fraction of sp³-hybridized carbons (Fsp3) is 0.538. The third kappa shape index (κ3) is 3.14. The summed E-state index contributed by atoms with van der Waals surface area (Å²) in [7, 11) is 0. The van der Waals surface area contributed by atoms with Crippen LogP contribution in [0.15, 0.2) is 10.5 Å². The van der Waals surface area contributed by atoms with Gasteiger partial charge in [0, 0.05) is 0 Å². The summed E-state index contributed by atoms with van der Waals surface area (Å²) < 4.78 is 10.6. The maximum Gasteiger partial charge on any atom is 0.339 e. The lowest BCUT2D eigenvalue weighted by molar-refractivity contribution is -0.125. The van der Waals surface area contributed by atoms with Gasteiger partial charge in [-0.3, -0.25) is 4.79 Å². The van der Waals surface area contributed by atoms with E-state index in [0.29, 0.717) is 24.5 Å². The van der Waals surface area contributed by atoms with Gasteiger partial charge in [-0.2, -0.15) is 0 Å². The molecule has 1 aromatic heterocycles. The standard InChI is InChI=1S/C13H17NO5/c1-7-3-9(6-18-7)12(15)14-5-10-4-11(13(16)17)8(2)19-10/h4,7,9H,3,5-6H2,1-2H3,(H,14,15)(H,16,17). The van der Waals surface area contributed by atoms with Crippen LogP contribution in [0.4, 0.5) is 0 Å². The van der Waals surface area contributed by atoms with Crippen LogP contribution in [0.2, 0.25) is 0 Å². The molecule has 1 amide bonds. The Balaban J connectivity index is 1.90. The molecule has 2 N–H and O–H groups in total. The van der Waals surface area contributed by atoms with Gasteiger partial charge in [0.15, 0.2) is 0 Å². The largest absolute Gasteiger partial charge is 0.478 e. The van der Waals surface area contributed by atoms with E-state index in [2.05, 4.69) is 5.32 Å². The van der Waals surface area contributed by atoms with E-state index in [9.17, 15) is 9.59 Å². The van der Waals surface area contributed by atoms with Crippen molar-refractivity contribution in [3.8, 4) is 0 Å². The van der Waals surface area contributed by atoms with Crippen LogP contribution >= 0.6 is 0 Å². The van der Waals surface area contributed by atoms with E-state index >= 15 is 0 Å². The van der Waals surface area contributed by atoms with E-state index in [4.69, 9.17) is 14.3 Å². The molecule has 104 valence electrons. The zero-order chi connectivity index (χ0) is 14.0. The number of rotatable bonds is 4. The molecule has 19 heavy (non-hydrogen) atoms. The van der Waals surface area contributed by atoms with E-state index in [1.165, 1.54) is 6.07 Å². The van der Waals surface area contributed by atoms with Crippen LogP contribution in [0, 0.1) is 12.8 Å². The highest BCUT2D eigenvalue weighted by atomic mass is 16.5. The molecule has 0 aromatic carbocycles. The molecular formula is C13H17NO5. The van der Waals surface area contributed by atoms with Gasteiger partial charge in [0.2, 0.25) is 5.91 Å². The minimum atomic E-state index is -1.03. The number of ether oxygens (including phenoxy) is 1. The Morgan fingerprint density at radius 3 is 2.79 bits per heavy atom. The van der Waals surface area contributed by atoms with E-state index in [1.54, 1.807) is 6.92 Å². The number of amides is 1. The van der Waals surface area contributed by atoms with Crippen LogP contribution in [0.5, 0.6) is 0 Å². The van der Waals surface area contributed by atoms with Gasteiger partial charge in [-0.15, -0.1) is 0 Å². The number of hydrogen-bond donors (Lipinski definition) is 2. The Morgan fingerprint density at radius 1 is 1.53 bits per heavy atom. The average Bonchev–Trinajstić information content (AvgIpc) is 2.92. The molecule has 0 radical (unpaired) electrons. The minimum absolute atomic E-state index is 0.0877. The molecule has 1 aliphatic rings. The molecule has 6 heteroatoms. The van der Waals surface area contributed by atoms with Crippen molar-refractivity contribution in [2.24, 2.45) is 5.92 Å². The molecule has 1 aliphatic heterocycles. The van der Waals surface area contributed by atoms with Crippen molar-refractivity contribution in [2.75, 3.05) is 6.61 Å². The Kier molecular flexibility index (Phi) is 3.90. The van der Waals surface area contributed by atoms with E-state index < -0.39 is 5.97 Å². The smallest absolute Gasteiger partial charge is 0.339 e. The van der Waals surface area contributed by atoms with E-state index in [0.717, 1.165) is 0 Å². The minimum Gasteiger partial charge on any atom is -0.478 e. The number of carbonyl (C=O) groups excluding carboxylic acids is 1. The van der Waals surface area contributed by atoms with Gasteiger partial charge in [-0.05, 0) is 26.3 Å². The molecule has 2 unspecified atom stereocenters. The van der Waals surface area contributed by atoms with Crippen LogP contribution in [0.1, 0.15) is 35.2 Å². The van der Waals surface area contributed by atoms with Crippen molar-refractivity contribution in [1.82, 2.24) is 5.32 Å². The SMILES string of the molecule is Cc1oc(CNC(=O)C2COC(C)C2)cc1C(=O)O. The summed E-state index contributed by atoms with van der Waals surface area (Å²) in [5.74, 6) is -0.470. The summed E-state index contributed by atoms with van der Waals surface area (Å²) in [5, 5.41) is 11.6. The predicted molar refractivity (Wildman–Crippen MR) is 65.8 cm³/mol. The van der Waals surface area contributed by atoms with Gasteiger partial charge >= 0.3 is 5.97 Å². The van der Waals surface area contributed by atoms with Gasteiger partial charge in [0.1, 0.15) is 17.1 Å². The van der Waals surface area contributed by atoms with Gasteiger partial charge in [-0.1, -0.05) is 0 Å². The second kappa shape index (κ2) is 5.44. The normalized spacial score (nSPS) is 22.4. The maximum absolute atomic E-state index is 11.8. The molecule has 0 aliphatic carbocycles. The quantitative estimate of drug-likeness (QED) is 0.859. The van der Waals surface area contributed by atoms with Crippen LogP contribution < -0.4 is 5.32 Å². The van der Waals surface area contributed by atoms with Crippen LogP contribution in [-0.2, 0) is 16.1 Å². The van der Waals surface area contributed by atoms with Crippen LogP contribution in [-0.4, -0.2) is 29.7 Å². The Bertz CT molecular complexity index is 493. The zero-order valence-electron chi connectivity index (χ0n) is 10.9. The number of nitrogens with one attached hydrogen (secondary N) is 1. The number of aromatic carboxylic acids is 1. The van der Waals surface area contributed by atoms with Crippen LogP contribution in [0.3, 0.4) is 0 Å². The lowest BCUT2D eigenvalue weighted by Gasteiger charge is -2.07. The molecule has 1 aromatic rings. The summed E-state index contributed by atoms with van der Waals surface area (Å²) >= 11 is 0. The summed E-state index contributed by atoms with van der Waals surface area (Å²) in [6, 6.07) is 1.44. The van der Waals surface area contributed by atoms with Crippen molar-refractivity contribution in [1.29, 1.82) is 0 Å². The van der Waals surface area contributed by atoms with Crippen molar-refractivity contribution >= 4 is 11.9 Å². The number of aryl methyl sites for hydroxylation is 1. The van der Waals surface area contributed by atoms with Crippen molar-refractivity contribution < 1.29 is 23.8 Å². The lowest BCUT2D eigenvalue weighted by atomic mass is 10.1. The summed E-state index contributed by atoms with van der Waals surface area (Å²) in [4.78, 5) is 22.7. The molecule has 6 nitrogen and oxygen atoms in total. The second-order valence-corrected chi connectivity index (χ2v) is 4.78. The number of carboxylic acid groups (broad SMARTS) is 1. The van der Waals surface area contributed by atoms with Crippen molar-refractivity contribution in [3.05, 3.63) is 23.2 Å². The topological polar surface area (TPSA) is 88.8 Å². The summed E-state index contributed by atoms with van der Waals surface area (Å²) in [5.41, 5.74) is 0.127. The molecule has 2 rings (SSSR count). The highest BCUT2D eigenvalue weighted by Crippen LogP contribution is 2.19. The highest BCUT2D eigenvalue weighted by Gasteiger charge is 2.28. The fourth-order valence-corrected chi connectivity index (χ4v) is 2.16. The van der Waals surface area contributed by atoms with Gasteiger partial charge in [0.05, 0.1) is 25.2 Å². The number of carboxylic acids is 1. The monoisotopic (exact) mass is 267 g/mol. The Hall–Kier alpha value is -1.82. The first kappa shape index (κ1) is 13.6. The first-order chi connectivity index (χ1) is 8.97. The first-order valence-electron chi connectivity index (χ1n) is 6.19. The zero-order valence-corrected chi connectivity index (χ0v) is 10.9. The second-order valence-electron chi connectivity index (χ2n) is 4.78. The molecular weight excluding hydrogens is 250 g/mol. The lowest BCUT2D eigenvalue weighted by Crippen LogP contribution is -2.30. The fourth-order valence-electron chi connectivity index (χ4n) is 2.16. The maximum atomic E-state index is 11.8. The highest BCUT2D eigenvalue weighted by molar-refractivity contribution is 5.88. The van der Waals surface area contributed by atoms with Crippen molar-refractivity contribution in [3.63, 3.8) is 0 Å². The number of carbonyl (C=O) groups is 2. The summed E-state index contributed by atoms with van der Waals surface area (Å²) in [6.45, 7) is 4.14. The molecule has 0 saturated carbocycles. The van der Waals surface area contributed by atoms with Crippen LogP contribution in [0.25, 0.3) is 0 Å². The third-order valence-electron chi connectivity index (χ3n) is 3.21. The molecule has 2 heterocycles. The van der Waals surface area contributed by atoms with Crippen molar-refractivity contribution in [2.45, 2.75) is 32.9 Å². The molecule has 1 fully saturated rings. The van der Waals surface area contributed by atoms with E-state index in [1.807, 2.05) is 6.92 Å². The summed E-state index contributed by atoms with van der Waals surface area (Å²) in [6.07, 6.45) is 0.823. The number of hydrogen-bond acceptors (Lipinski definition) is 4. The van der Waals surface area contributed by atoms with Gasteiger partial charge < -0.3 is 19.6 Å². The molecule has 0 bridgehead atoms. The first-order valence-corrected chi connectivity index (χ1v) is 6.19. The average molecular weight is 267 g/mol.